The molecule has 0 fully saturated rings. The first kappa shape index (κ1) is 20.6. The molecule has 156 valence electrons. The quantitative estimate of drug-likeness (QED) is 0.348. The predicted molar refractivity (Wildman–Crippen MR) is 103 cm³/mol. The fourth-order valence-electron chi connectivity index (χ4n) is 2.85. The third kappa shape index (κ3) is 4.14. The molecule has 11 heteroatoms. The van der Waals surface area contributed by atoms with Gasteiger partial charge in [0.1, 0.15) is 17.9 Å². The van der Waals surface area contributed by atoms with Gasteiger partial charge in [-0.25, -0.2) is 9.59 Å². The number of nitro groups is 1. The molecule has 11 nitrogen and oxygen atoms in total. The number of nitro benzene ring substituents is 1. The lowest BCUT2D eigenvalue weighted by molar-refractivity contribution is -0.384. The fraction of sp³-hybridized carbons (Fsp3) is 0.211. The standard InChI is InChI=1S/C19H17N3O8/c1-28-15-6-3-11(7-13(15)18(24)29-2)9-20-17(23)10-21-14-5-4-12(22(26)27)8-16(14)30-19(21)25/h3-8H,9-10H2,1-2H3,(H,20,23). The molecule has 2 aromatic carbocycles. The fourth-order valence-corrected chi connectivity index (χ4v) is 2.85. The van der Waals surface area contributed by atoms with Gasteiger partial charge in [-0.15, -0.1) is 0 Å². The molecule has 1 aromatic heterocycles. The van der Waals surface area contributed by atoms with Gasteiger partial charge in [0.2, 0.25) is 5.91 Å². The van der Waals surface area contributed by atoms with Crippen molar-refractivity contribution in [3.8, 4) is 5.75 Å². The molecule has 1 N–H and O–H groups in total. The molecule has 0 spiro atoms. The number of rotatable bonds is 7. The number of carbonyl (C=O) groups excluding carboxylic acids is 2. The van der Waals surface area contributed by atoms with Crippen LogP contribution in [0.2, 0.25) is 0 Å². The van der Waals surface area contributed by atoms with Crippen molar-refractivity contribution >= 4 is 28.7 Å². The lowest BCUT2D eigenvalue weighted by Gasteiger charge is -2.10. The van der Waals surface area contributed by atoms with E-state index in [1.54, 1.807) is 12.1 Å². The Bertz CT molecular complexity index is 1190. The Kier molecular flexibility index (Phi) is 5.81. The molecule has 3 aromatic rings. The molecule has 0 saturated carbocycles. The van der Waals surface area contributed by atoms with E-state index < -0.39 is 22.6 Å². The molecule has 1 amide bonds. The van der Waals surface area contributed by atoms with E-state index >= 15 is 0 Å². The van der Waals surface area contributed by atoms with Crippen LogP contribution in [0.3, 0.4) is 0 Å². The van der Waals surface area contributed by atoms with Crippen LogP contribution in [0, 0.1) is 10.1 Å². The van der Waals surface area contributed by atoms with Gasteiger partial charge in [0.25, 0.3) is 5.69 Å². The number of ether oxygens (including phenoxy) is 2. The van der Waals surface area contributed by atoms with Crippen molar-refractivity contribution in [2.45, 2.75) is 13.1 Å². The number of nitrogens with zero attached hydrogens (tertiary/aromatic N) is 2. The van der Waals surface area contributed by atoms with Crippen LogP contribution >= 0.6 is 0 Å². The van der Waals surface area contributed by atoms with E-state index in [0.29, 0.717) is 11.3 Å². The molecule has 0 radical (unpaired) electrons. The first-order chi connectivity index (χ1) is 14.3. The first-order valence-corrected chi connectivity index (χ1v) is 8.63. The summed E-state index contributed by atoms with van der Waals surface area (Å²) < 4.78 is 15.9. The van der Waals surface area contributed by atoms with Crippen LogP contribution in [-0.4, -0.2) is 35.6 Å². The number of aromatic nitrogens is 1. The summed E-state index contributed by atoms with van der Waals surface area (Å²) in [5, 5.41) is 13.5. The average molecular weight is 415 g/mol. The zero-order valence-corrected chi connectivity index (χ0v) is 16.0. The Labute approximate surface area is 168 Å². The van der Waals surface area contributed by atoms with E-state index in [1.165, 1.54) is 32.4 Å². The zero-order valence-electron chi connectivity index (χ0n) is 16.0. The highest BCUT2D eigenvalue weighted by Gasteiger charge is 2.17. The number of esters is 1. The molecule has 1 heterocycles. The number of amides is 1. The zero-order chi connectivity index (χ0) is 21.8. The van der Waals surface area contributed by atoms with E-state index in [1.807, 2.05) is 0 Å². The Hall–Kier alpha value is -4.15. The van der Waals surface area contributed by atoms with Crippen LogP contribution in [0.4, 0.5) is 5.69 Å². The number of hydrogen-bond acceptors (Lipinski definition) is 8. The SMILES string of the molecule is COC(=O)c1cc(CNC(=O)Cn2c(=O)oc3cc([N+](=O)[O-])ccc32)ccc1OC. The summed E-state index contributed by atoms with van der Waals surface area (Å²) in [5.74, 6) is -1.54. The smallest absolute Gasteiger partial charge is 0.420 e. The van der Waals surface area contributed by atoms with E-state index in [2.05, 4.69) is 5.32 Å². The Morgan fingerprint density at radius 1 is 1.20 bits per heavy atom. The molecule has 30 heavy (non-hydrogen) atoms. The number of benzene rings is 2. The van der Waals surface area contributed by atoms with Gasteiger partial charge in [-0.3, -0.25) is 19.5 Å². The van der Waals surface area contributed by atoms with Crippen LogP contribution in [0.25, 0.3) is 11.1 Å². The number of fused-ring (bicyclic) bond motifs is 1. The van der Waals surface area contributed by atoms with E-state index in [0.717, 1.165) is 10.6 Å². The summed E-state index contributed by atoms with van der Waals surface area (Å²) in [7, 11) is 2.67. The van der Waals surface area contributed by atoms with Crippen molar-refractivity contribution in [1.82, 2.24) is 9.88 Å². The minimum absolute atomic E-state index is 0.0138. The third-order valence-corrected chi connectivity index (χ3v) is 4.32. The Morgan fingerprint density at radius 3 is 2.63 bits per heavy atom. The molecule has 3 rings (SSSR count). The second-order valence-corrected chi connectivity index (χ2v) is 6.17. The minimum Gasteiger partial charge on any atom is -0.496 e. The van der Waals surface area contributed by atoms with Crippen molar-refractivity contribution in [3.63, 3.8) is 0 Å². The number of carbonyl (C=O) groups is 2. The monoisotopic (exact) mass is 415 g/mol. The number of oxazole rings is 1. The van der Waals surface area contributed by atoms with Gasteiger partial charge >= 0.3 is 11.7 Å². The van der Waals surface area contributed by atoms with E-state index in [-0.39, 0.29) is 35.4 Å². The number of methoxy groups -OCH3 is 2. The number of hydrogen-bond donors (Lipinski definition) is 1. The maximum Gasteiger partial charge on any atom is 0.420 e. The van der Waals surface area contributed by atoms with Gasteiger partial charge in [0, 0.05) is 12.6 Å². The number of non-ortho nitro benzene ring substituents is 1. The van der Waals surface area contributed by atoms with Crippen LogP contribution in [0.1, 0.15) is 15.9 Å². The molecule has 0 aliphatic carbocycles. The third-order valence-electron chi connectivity index (χ3n) is 4.32. The molecular formula is C19H17N3O8. The second-order valence-electron chi connectivity index (χ2n) is 6.17. The van der Waals surface area contributed by atoms with Gasteiger partial charge in [0.05, 0.1) is 30.7 Å². The molecule has 0 aliphatic rings. The molecule has 0 aliphatic heterocycles. The highest BCUT2D eigenvalue weighted by molar-refractivity contribution is 5.92. The van der Waals surface area contributed by atoms with Gasteiger partial charge in [0.15, 0.2) is 5.58 Å². The maximum atomic E-state index is 12.3. The van der Waals surface area contributed by atoms with Crippen molar-refractivity contribution < 1.29 is 28.4 Å². The molecule has 0 atom stereocenters. The summed E-state index contributed by atoms with van der Waals surface area (Å²) in [4.78, 5) is 46.4. The van der Waals surface area contributed by atoms with Gasteiger partial charge in [-0.05, 0) is 23.8 Å². The predicted octanol–water partition coefficient (Wildman–Crippen LogP) is 1.61. The first-order valence-electron chi connectivity index (χ1n) is 8.63. The lowest BCUT2D eigenvalue weighted by Crippen LogP contribution is -2.30. The lowest BCUT2D eigenvalue weighted by atomic mass is 10.1. The van der Waals surface area contributed by atoms with E-state index in [9.17, 15) is 24.5 Å². The van der Waals surface area contributed by atoms with Crippen molar-refractivity contribution in [2.75, 3.05) is 14.2 Å². The van der Waals surface area contributed by atoms with Gasteiger partial charge in [-0.2, -0.15) is 0 Å². The molecule has 0 bridgehead atoms. The largest absolute Gasteiger partial charge is 0.496 e. The van der Waals surface area contributed by atoms with Crippen LogP contribution in [0.15, 0.2) is 45.6 Å². The highest BCUT2D eigenvalue weighted by Crippen LogP contribution is 2.21. The summed E-state index contributed by atoms with van der Waals surface area (Å²) in [6.07, 6.45) is 0. The molecule has 0 unspecified atom stereocenters. The van der Waals surface area contributed by atoms with Crippen molar-refractivity contribution in [2.24, 2.45) is 0 Å². The normalized spacial score (nSPS) is 10.6. The molecular weight excluding hydrogens is 398 g/mol. The maximum absolute atomic E-state index is 12.3. The van der Waals surface area contributed by atoms with Crippen molar-refractivity contribution in [1.29, 1.82) is 0 Å². The van der Waals surface area contributed by atoms with Gasteiger partial charge in [-0.1, -0.05) is 6.07 Å². The van der Waals surface area contributed by atoms with Crippen LogP contribution in [0.5, 0.6) is 5.75 Å². The number of nitrogens with one attached hydrogen (secondary N) is 1. The van der Waals surface area contributed by atoms with Crippen LogP contribution < -0.4 is 15.8 Å². The van der Waals surface area contributed by atoms with Gasteiger partial charge < -0.3 is 19.2 Å². The molecule has 0 saturated heterocycles. The minimum atomic E-state index is -0.807. The average Bonchev–Trinajstić information content (AvgIpc) is 3.05. The van der Waals surface area contributed by atoms with Crippen molar-refractivity contribution in [3.05, 3.63) is 68.2 Å². The Morgan fingerprint density at radius 2 is 1.97 bits per heavy atom. The Balaban J connectivity index is 1.74. The van der Waals surface area contributed by atoms with Crippen LogP contribution in [-0.2, 0) is 22.6 Å². The summed E-state index contributed by atoms with van der Waals surface area (Å²) in [5.41, 5.74) is 0.877. The highest BCUT2D eigenvalue weighted by atomic mass is 16.6. The summed E-state index contributed by atoms with van der Waals surface area (Å²) in [6.45, 7) is -0.257. The second kappa shape index (κ2) is 8.47. The topological polar surface area (TPSA) is 143 Å². The summed E-state index contributed by atoms with van der Waals surface area (Å²) in [6, 6.07) is 8.47. The van der Waals surface area contributed by atoms with E-state index in [4.69, 9.17) is 13.9 Å². The summed E-state index contributed by atoms with van der Waals surface area (Å²) >= 11 is 0.